The van der Waals surface area contributed by atoms with E-state index in [0.717, 1.165) is 6.07 Å². The second kappa shape index (κ2) is 11.4. The van der Waals surface area contributed by atoms with E-state index in [0.29, 0.717) is 53.5 Å². The fraction of sp³-hybridized carbons (Fsp3) is 0.154. The predicted octanol–water partition coefficient (Wildman–Crippen LogP) is 4.90. The molecule has 1 fully saturated rings. The van der Waals surface area contributed by atoms with Crippen LogP contribution < -0.4 is 20.8 Å². The molecule has 0 bridgehead atoms. The first-order valence-electron chi connectivity index (χ1n) is 11.7. The van der Waals surface area contributed by atoms with Crippen LogP contribution in [0.3, 0.4) is 0 Å². The summed E-state index contributed by atoms with van der Waals surface area (Å²) in [6.07, 6.45) is 3.07. The van der Waals surface area contributed by atoms with Gasteiger partial charge in [-0.05, 0) is 36.4 Å². The standard InChI is InChI=1S/C26H22ClFN6O5/c27-19-7-15(2-4-20(19)28)32-25-18-9-22(24(10-21(18)29-13-30-25)39-17-5-6-38-12-17)33-26(37)34-31-11-14-1-3-16(35)8-23(14)36/h1-4,7-11,13,17,35-36H,5-6,12H2,(H,29,30,32)(H2,33,34,37)/b31-11+. The second-order valence-corrected chi connectivity index (χ2v) is 8.92. The minimum Gasteiger partial charge on any atom is -0.508 e. The number of carbonyl (C=O) groups is 1. The molecule has 5 rings (SSSR count). The number of phenolic OH excluding ortho intramolecular Hbond substituents is 2. The van der Waals surface area contributed by atoms with Gasteiger partial charge in [-0.2, -0.15) is 5.10 Å². The van der Waals surface area contributed by atoms with Crippen LogP contribution in [0.4, 0.5) is 26.4 Å². The quantitative estimate of drug-likeness (QED) is 0.160. The number of nitrogens with zero attached hydrogens (tertiary/aromatic N) is 3. The van der Waals surface area contributed by atoms with Gasteiger partial charge in [0.15, 0.2) is 0 Å². The normalized spacial score (nSPS) is 15.0. The number of urea groups is 1. The number of rotatable bonds is 7. The average Bonchev–Trinajstić information content (AvgIpc) is 3.41. The Kier molecular flexibility index (Phi) is 7.57. The van der Waals surface area contributed by atoms with Gasteiger partial charge in [-0.25, -0.2) is 24.6 Å². The van der Waals surface area contributed by atoms with Gasteiger partial charge >= 0.3 is 6.03 Å². The molecule has 1 atom stereocenters. The molecule has 3 aromatic carbocycles. The number of fused-ring (bicyclic) bond motifs is 1. The third-order valence-electron chi connectivity index (χ3n) is 5.73. The van der Waals surface area contributed by atoms with Crippen molar-refractivity contribution in [1.82, 2.24) is 15.4 Å². The SMILES string of the molecule is O=C(N/N=C/c1ccc(O)cc1O)Nc1cc2c(Nc3ccc(F)c(Cl)c3)ncnc2cc1OC1CCOC1. The van der Waals surface area contributed by atoms with E-state index in [9.17, 15) is 19.4 Å². The number of aromatic hydroxyl groups is 2. The number of phenols is 2. The number of carbonyl (C=O) groups excluding carboxylic acids is 1. The lowest BCUT2D eigenvalue weighted by molar-refractivity contribution is 0.142. The Bertz CT molecular complexity index is 1560. The molecule has 0 saturated carbocycles. The van der Waals surface area contributed by atoms with Crippen LogP contribution in [0.5, 0.6) is 17.2 Å². The minimum atomic E-state index is -0.687. The molecule has 0 radical (unpaired) electrons. The molecule has 2 amide bonds. The highest BCUT2D eigenvalue weighted by Crippen LogP contribution is 2.35. The highest BCUT2D eigenvalue weighted by molar-refractivity contribution is 6.31. The predicted molar refractivity (Wildman–Crippen MR) is 144 cm³/mol. The van der Waals surface area contributed by atoms with Crippen molar-refractivity contribution in [1.29, 1.82) is 0 Å². The number of amides is 2. The summed E-state index contributed by atoms with van der Waals surface area (Å²) in [5.74, 6) is -0.0987. The number of ether oxygens (including phenoxy) is 2. The Morgan fingerprint density at radius 3 is 2.82 bits per heavy atom. The molecule has 1 unspecified atom stereocenters. The zero-order valence-corrected chi connectivity index (χ0v) is 20.9. The van der Waals surface area contributed by atoms with E-state index in [1.165, 1.54) is 42.9 Å². The fourth-order valence-corrected chi connectivity index (χ4v) is 4.01. The Morgan fingerprint density at radius 1 is 1.18 bits per heavy atom. The molecule has 0 aliphatic carbocycles. The number of halogens is 2. The van der Waals surface area contributed by atoms with E-state index >= 15 is 0 Å². The molecule has 1 aliphatic rings. The fourth-order valence-electron chi connectivity index (χ4n) is 3.83. The molecule has 1 aliphatic heterocycles. The zero-order valence-electron chi connectivity index (χ0n) is 20.2. The van der Waals surface area contributed by atoms with Crippen LogP contribution in [0.1, 0.15) is 12.0 Å². The zero-order chi connectivity index (χ0) is 27.4. The lowest BCUT2D eigenvalue weighted by Crippen LogP contribution is -2.25. The first-order chi connectivity index (χ1) is 18.9. The Morgan fingerprint density at radius 2 is 2.05 bits per heavy atom. The van der Waals surface area contributed by atoms with Crippen molar-refractivity contribution in [2.45, 2.75) is 12.5 Å². The molecule has 39 heavy (non-hydrogen) atoms. The summed E-state index contributed by atoms with van der Waals surface area (Å²) in [4.78, 5) is 21.3. The van der Waals surface area contributed by atoms with Gasteiger partial charge in [0.05, 0.1) is 35.7 Å². The third-order valence-corrected chi connectivity index (χ3v) is 6.02. The van der Waals surface area contributed by atoms with Gasteiger partial charge in [0.1, 0.15) is 41.3 Å². The van der Waals surface area contributed by atoms with Gasteiger partial charge in [0, 0.05) is 35.2 Å². The maximum Gasteiger partial charge on any atom is 0.339 e. The lowest BCUT2D eigenvalue weighted by atomic mass is 10.1. The summed E-state index contributed by atoms with van der Waals surface area (Å²) in [5, 5.41) is 29.4. The monoisotopic (exact) mass is 552 g/mol. The molecular formula is C26H22ClFN6O5. The maximum absolute atomic E-state index is 13.6. The number of hydrazone groups is 1. The Hall–Kier alpha value is -4.68. The summed E-state index contributed by atoms with van der Waals surface area (Å²) < 4.78 is 25.1. The molecule has 4 aromatic rings. The number of hydrogen-bond acceptors (Lipinski definition) is 9. The Labute approximate surface area is 226 Å². The van der Waals surface area contributed by atoms with Crippen LogP contribution in [0.2, 0.25) is 5.02 Å². The van der Waals surface area contributed by atoms with Crippen LogP contribution >= 0.6 is 11.6 Å². The highest BCUT2D eigenvalue weighted by Gasteiger charge is 2.21. The molecule has 0 spiro atoms. The summed E-state index contributed by atoms with van der Waals surface area (Å²) in [6.45, 7) is 0.975. The number of aromatic nitrogens is 2. The van der Waals surface area contributed by atoms with Crippen LogP contribution in [-0.2, 0) is 4.74 Å². The molecule has 200 valence electrons. The summed E-state index contributed by atoms with van der Waals surface area (Å²) in [6, 6.07) is 10.8. The maximum atomic E-state index is 13.6. The molecule has 11 nitrogen and oxygen atoms in total. The molecular weight excluding hydrogens is 531 g/mol. The number of nitrogens with one attached hydrogen (secondary N) is 3. The van der Waals surface area contributed by atoms with Crippen molar-refractivity contribution in [3.05, 3.63) is 71.3 Å². The topological polar surface area (TPSA) is 150 Å². The van der Waals surface area contributed by atoms with E-state index in [2.05, 4.69) is 31.1 Å². The summed E-state index contributed by atoms with van der Waals surface area (Å²) in [7, 11) is 0. The number of benzene rings is 3. The average molecular weight is 553 g/mol. The number of hydrogen-bond donors (Lipinski definition) is 5. The highest BCUT2D eigenvalue weighted by atomic mass is 35.5. The van der Waals surface area contributed by atoms with Crippen molar-refractivity contribution in [3.8, 4) is 17.2 Å². The molecule has 1 aromatic heterocycles. The van der Waals surface area contributed by atoms with Gasteiger partial charge in [-0.1, -0.05) is 11.6 Å². The second-order valence-electron chi connectivity index (χ2n) is 8.51. The van der Waals surface area contributed by atoms with E-state index in [1.807, 2.05) is 0 Å². The van der Waals surface area contributed by atoms with E-state index in [4.69, 9.17) is 21.1 Å². The molecule has 2 heterocycles. The lowest BCUT2D eigenvalue weighted by Gasteiger charge is -2.18. The van der Waals surface area contributed by atoms with Crippen molar-refractivity contribution in [2.75, 3.05) is 23.8 Å². The van der Waals surface area contributed by atoms with Crippen LogP contribution in [0.25, 0.3) is 10.9 Å². The largest absolute Gasteiger partial charge is 0.508 e. The van der Waals surface area contributed by atoms with Crippen LogP contribution in [-0.4, -0.2) is 51.7 Å². The smallest absolute Gasteiger partial charge is 0.339 e. The van der Waals surface area contributed by atoms with Gasteiger partial charge in [0.2, 0.25) is 0 Å². The molecule has 13 heteroatoms. The Balaban J connectivity index is 1.42. The van der Waals surface area contributed by atoms with Gasteiger partial charge < -0.3 is 30.3 Å². The number of anilines is 3. The first-order valence-corrected chi connectivity index (χ1v) is 12.1. The van der Waals surface area contributed by atoms with Crippen molar-refractivity contribution in [2.24, 2.45) is 5.10 Å². The van der Waals surface area contributed by atoms with Crippen molar-refractivity contribution >= 4 is 51.9 Å². The van der Waals surface area contributed by atoms with Crippen LogP contribution in [0, 0.1) is 5.82 Å². The minimum absolute atomic E-state index is 0.0481. The van der Waals surface area contributed by atoms with Crippen molar-refractivity contribution < 1.29 is 28.9 Å². The van der Waals surface area contributed by atoms with Gasteiger partial charge in [-0.3, -0.25) is 0 Å². The van der Waals surface area contributed by atoms with E-state index in [1.54, 1.807) is 12.1 Å². The summed E-state index contributed by atoms with van der Waals surface area (Å²) >= 11 is 5.91. The third kappa shape index (κ3) is 6.25. The first kappa shape index (κ1) is 25.9. The van der Waals surface area contributed by atoms with Crippen molar-refractivity contribution in [3.63, 3.8) is 0 Å². The summed E-state index contributed by atoms with van der Waals surface area (Å²) in [5.41, 5.74) is 3.96. The molecule has 1 saturated heterocycles. The van der Waals surface area contributed by atoms with E-state index in [-0.39, 0.29) is 28.2 Å². The van der Waals surface area contributed by atoms with E-state index < -0.39 is 11.8 Å². The van der Waals surface area contributed by atoms with Gasteiger partial charge in [0.25, 0.3) is 0 Å². The van der Waals surface area contributed by atoms with Crippen LogP contribution in [0.15, 0.2) is 60.0 Å². The molecule has 5 N–H and O–H groups in total. The van der Waals surface area contributed by atoms with Gasteiger partial charge in [-0.15, -0.1) is 0 Å².